The van der Waals surface area contributed by atoms with Crippen LogP contribution in [0.3, 0.4) is 0 Å². The van der Waals surface area contributed by atoms with E-state index in [0.29, 0.717) is 0 Å². The quantitative estimate of drug-likeness (QED) is 0.249. The Kier molecular flexibility index (Phi) is 8.42. The summed E-state index contributed by atoms with van der Waals surface area (Å²) in [6, 6.07) is 10.8. The van der Waals surface area contributed by atoms with Crippen LogP contribution in [0.5, 0.6) is 0 Å². The van der Waals surface area contributed by atoms with Gasteiger partial charge in [-0.1, -0.05) is 23.2 Å². The molecule has 0 aliphatic heterocycles. The van der Waals surface area contributed by atoms with Gasteiger partial charge in [0, 0.05) is 5.69 Å². The minimum Gasteiger partial charge on any atom is -0.761 e. The van der Waals surface area contributed by atoms with Crippen LogP contribution in [0.1, 0.15) is 6.92 Å². The molecule has 0 fully saturated rings. The van der Waals surface area contributed by atoms with Crippen LogP contribution < -0.4 is 34.9 Å². The fourth-order valence-corrected chi connectivity index (χ4v) is 1.35. The van der Waals surface area contributed by atoms with E-state index in [1.807, 2.05) is 18.2 Å². The van der Waals surface area contributed by atoms with Crippen molar-refractivity contribution in [3.63, 3.8) is 0 Å². The van der Waals surface area contributed by atoms with Gasteiger partial charge in [0.1, 0.15) is 11.6 Å². The van der Waals surface area contributed by atoms with Gasteiger partial charge in [0.2, 0.25) is 0 Å². The zero-order valence-corrected chi connectivity index (χ0v) is 13.1. The van der Waals surface area contributed by atoms with Gasteiger partial charge >= 0.3 is 35.5 Å². The summed E-state index contributed by atoms with van der Waals surface area (Å²) in [6.45, 7) is 1.87. The summed E-state index contributed by atoms with van der Waals surface area (Å²) in [7, 11) is 0. The van der Waals surface area contributed by atoms with Crippen LogP contribution in [0.15, 0.2) is 40.9 Å². The van der Waals surface area contributed by atoms with E-state index in [1.165, 1.54) is 0 Å². The standard InChI is InChI=1S/C12H12N2O2S.Na/c1-2-16-12(15)10(8-13)11(17)14-9-6-4-3-5-7-9;/h3-7,14,17H,2H2,1H3;/q;+1/p-1/b11-10+;. The Balaban J connectivity index is 0.00000289. The van der Waals surface area contributed by atoms with E-state index in [0.717, 1.165) is 5.69 Å². The van der Waals surface area contributed by atoms with Crippen LogP contribution in [0.4, 0.5) is 5.69 Å². The van der Waals surface area contributed by atoms with Crippen molar-refractivity contribution in [2.24, 2.45) is 0 Å². The first-order chi connectivity index (χ1) is 8.19. The molecular weight excluding hydrogens is 259 g/mol. The summed E-state index contributed by atoms with van der Waals surface area (Å²) in [5, 5.41) is 11.7. The van der Waals surface area contributed by atoms with E-state index in [2.05, 4.69) is 5.32 Å². The average Bonchev–Trinajstić information content (AvgIpc) is 2.31. The van der Waals surface area contributed by atoms with Crippen molar-refractivity contribution in [1.82, 2.24) is 0 Å². The largest absolute Gasteiger partial charge is 1.00 e. The van der Waals surface area contributed by atoms with Crippen molar-refractivity contribution >= 4 is 24.3 Å². The molecular formula is C12H11N2NaO2S. The first kappa shape index (κ1) is 16.9. The Morgan fingerprint density at radius 1 is 1.44 bits per heavy atom. The first-order valence-corrected chi connectivity index (χ1v) is 5.40. The van der Waals surface area contributed by atoms with Gasteiger partial charge < -0.3 is 22.7 Å². The fourth-order valence-electron chi connectivity index (χ4n) is 1.11. The molecule has 0 spiro atoms. The number of benzene rings is 1. The predicted octanol–water partition coefficient (Wildman–Crippen LogP) is -1.05. The molecule has 1 aromatic rings. The monoisotopic (exact) mass is 270 g/mol. The van der Waals surface area contributed by atoms with Gasteiger partial charge in [-0.25, -0.2) is 4.79 Å². The van der Waals surface area contributed by atoms with Gasteiger partial charge in [0.25, 0.3) is 0 Å². The number of carbonyl (C=O) groups excluding carboxylic acids is 1. The van der Waals surface area contributed by atoms with Gasteiger partial charge in [0.15, 0.2) is 0 Å². The van der Waals surface area contributed by atoms with E-state index >= 15 is 0 Å². The summed E-state index contributed by atoms with van der Waals surface area (Å²) in [5.41, 5.74) is 0.528. The molecule has 0 radical (unpaired) electrons. The Bertz CT molecular complexity index is 469. The Labute approximate surface area is 134 Å². The number of anilines is 1. The molecule has 0 unspecified atom stereocenters. The van der Waals surface area contributed by atoms with Crippen molar-refractivity contribution in [2.75, 3.05) is 11.9 Å². The molecule has 88 valence electrons. The molecule has 0 aliphatic carbocycles. The molecule has 1 rings (SSSR count). The predicted molar refractivity (Wildman–Crippen MR) is 66.7 cm³/mol. The molecule has 0 atom stereocenters. The molecule has 0 amide bonds. The van der Waals surface area contributed by atoms with Crippen molar-refractivity contribution in [2.45, 2.75) is 6.92 Å². The summed E-state index contributed by atoms with van der Waals surface area (Å²) in [6.07, 6.45) is 0. The Morgan fingerprint density at radius 3 is 2.56 bits per heavy atom. The Morgan fingerprint density at radius 2 is 2.06 bits per heavy atom. The summed E-state index contributed by atoms with van der Waals surface area (Å²) < 4.78 is 4.73. The number of ether oxygens (including phenoxy) is 1. The number of para-hydroxylation sites is 1. The summed E-state index contributed by atoms with van der Waals surface area (Å²) >= 11 is 4.98. The third-order valence-corrected chi connectivity index (χ3v) is 2.16. The SMILES string of the molecule is CCOC(=O)/C(C#N)=C(/[S-])Nc1ccccc1.[Na+]. The van der Waals surface area contributed by atoms with Crippen molar-refractivity contribution in [1.29, 1.82) is 5.26 Å². The first-order valence-electron chi connectivity index (χ1n) is 4.99. The van der Waals surface area contributed by atoms with Crippen molar-refractivity contribution < 1.29 is 39.1 Å². The topological polar surface area (TPSA) is 62.1 Å². The van der Waals surface area contributed by atoms with Crippen molar-refractivity contribution in [3.05, 3.63) is 40.9 Å². The van der Waals surface area contributed by atoms with E-state index in [1.54, 1.807) is 25.1 Å². The molecule has 1 N–H and O–H groups in total. The van der Waals surface area contributed by atoms with E-state index in [-0.39, 0.29) is 46.8 Å². The van der Waals surface area contributed by atoms with Gasteiger partial charge in [-0.2, -0.15) is 5.26 Å². The van der Waals surface area contributed by atoms with Crippen LogP contribution >= 0.6 is 0 Å². The molecule has 0 saturated carbocycles. The molecule has 0 bridgehead atoms. The van der Waals surface area contributed by atoms with E-state index < -0.39 is 5.97 Å². The second-order valence-electron chi connectivity index (χ2n) is 3.03. The maximum atomic E-state index is 11.4. The molecule has 6 heteroatoms. The van der Waals surface area contributed by atoms with Crippen LogP contribution in [0.2, 0.25) is 0 Å². The number of hydrogen-bond acceptors (Lipinski definition) is 5. The third-order valence-electron chi connectivity index (χ3n) is 1.85. The number of hydrogen-bond donors (Lipinski definition) is 1. The molecule has 0 saturated heterocycles. The number of esters is 1. The number of nitrogens with one attached hydrogen (secondary N) is 1. The number of carbonyl (C=O) groups is 1. The molecule has 1 aromatic carbocycles. The molecule has 0 aliphatic rings. The molecule has 0 aromatic heterocycles. The second kappa shape index (κ2) is 8.95. The van der Waals surface area contributed by atoms with Crippen LogP contribution in [0.25, 0.3) is 0 Å². The maximum Gasteiger partial charge on any atom is 1.00 e. The average molecular weight is 270 g/mol. The Hall–Kier alpha value is -1.06. The summed E-state index contributed by atoms with van der Waals surface area (Å²) in [4.78, 5) is 11.4. The van der Waals surface area contributed by atoms with Crippen LogP contribution in [-0.2, 0) is 22.2 Å². The summed E-state index contributed by atoms with van der Waals surface area (Å²) in [5.74, 6) is -0.705. The molecule has 4 nitrogen and oxygen atoms in total. The van der Waals surface area contributed by atoms with E-state index in [4.69, 9.17) is 22.6 Å². The number of rotatable bonds is 4. The minimum atomic E-state index is -0.705. The third kappa shape index (κ3) is 5.07. The smallest absolute Gasteiger partial charge is 0.761 e. The van der Waals surface area contributed by atoms with Crippen LogP contribution in [-0.4, -0.2) is 12.6 Å². The zero-order chi connectivity index (χ0) is 12.7. The minimum absolute atomic E-state index is 0. The fraction of sp³-hybridized carbons (Fsp3) is 0.167. The van der Waals surface area contributed by atoms with Crippen molar-refractivity contribution in [3.8, 4) is 6.07 Å². The number of nitriles is 1. The molecule has 0 heterocycles. The molecule has 18 heavy (non-hydrogen) atoms. The second-order valence-corrected chi connectivity index (χ2v) is 3.44. The van der Waals surface area contributed by atoms with Gasteiger partial charge in [-0.05, 0) is 19.1 Å². The van der Waals surface area contributed by atoms with Gasteiger partial charge in [-0.3, -0.25) is 0 Å². The van der Waals surface area contributed by atoms with Crippen LogP contribution in [0, 0.1) is 11.3 Å². The van der Waals surface area contributed by atoms with Gasteiger partial charge in [0.05, 0.1) is 6.61 Å². The van der Waals surface area contributed by atoms with E-state index in [9.17, 15) is 4.79 Å². The zero-order valence-electron chi connectivity index (χ0n) is 10.3. The normalized spacial score (nSPS) is 10.4. The van der Waals surface area contributed by atoms with Gasteiger partial charge in [-0.15, -0.1) is 0 Å². The maximum absolute atomic E-state index is 11.4. The number of nitrogens with zero attached hydrogens (tertiary/aromatic N) is 1.